The highest BCUT2D eigenvalue weighted by Gasteiger charge is 2.25. The number of aromatic hydroxyl groups is 1. The van der Waals surface area contributed by atoms with Crippen molar-refractivity contribution in [2.24, 2.45) is 5.92 Å². The number of amides is 2. The van der Waals surface area contributed by atoms with Crippen molar-refractivity contribution in [3.05, 3.63) is 23.8 Å². The van der Waals surface area contributed by atoms with Crippen LogP contribution in [0.25, 0.3) is 0 Å². The summed E-state index contributed by atoms with van der Waals surface area (Å²) >= 11 is 0. The van der Waals surface area contributed by atoms with Crippen LogP contribution in [0.1, 0.15) is 30.6 Å². The Hall–Kier alpha value is -2.44. The van der Waals surface area contributed by atoms with E-state index in [0.29, 0.717) is 45.0 Å². The van der Waals surface area contributed by atoms with Crippen molar-refractivity contribution in [1.82, 2.24) is 9.80 Å². The third-order valence-corrected chi connectivity index (χ3v) is 4.02. The first-order chi connectivity index (χ1) is 11.9. The molecule has 2 amide bonds. The van der Waals surface area contributed by atoms with Crippen LogP contribution in [-0.4, -0.2) is 66.8 Å². The van der Waals surface area contributed by atoms with Crippen molar-refractivity contribution in [1.29, 1.82) is 0 Å². The maximum absolute atomic E-state index is 12.7. The molecule has 1 N–H and O–H groups in total. The van der Waals surface area contributed by atoms with Crippen LogP contribution in [0.4, 0.5) is 4.79 Å². The molecule has 1 aliphatic rings. The minimum atomic E-state index is -0.338. The number of rotatable bonds is 4. The fraction of sp³-hybridized carbons (Fsp3) is 0.556. The van der Waals surface area contributed by atoms with Crippen LogP contribution in [-0.2, 0) is 4.74 Å². The summed E-state index contributed by atoms with van der Waals surface area (Å²) in [6, 6.07) is 4.61. The highest BCUT2D eigenvalue weighted by molar-refractivity contribution is 5.97. The third-order valence-electron chi connectivity index (χ3n) is 4.02. The smallest absolute Gasteiger partial charge is 0.409 e. The molecule has 1 fully saturated rings. The molecular weight excluding hydrogens is 324 g/mol. The molecule has 2 rings (SSSR count). The molecule has 0 atom stereocenters. The van der Waals surface area contributed by atoms with Crippen LogP contribution in [0.5, 0.6) is 11.5 Å². The molecule has 1 aromatic carbocycles. The summed E-state index contributed by atoms with van der Waals surface area (Å²) in [7, 11) is 1.50. The van der Waals surface area contributed by atoms with Gasteiger partial charge >= 0.3 is 6.09 Å². The summed E-state index contributed by atoms with van der Waals surface area (Å²) < 4.78 is 10.3. The fourth-order valence-corrected chi connectivity index (χ4v) is 2.62. The van der Waals surface area contributed by atoms with Gasteiger partial charge in [0.25, 0.3) is 5.91 Å². The molecule has 25 heavy (non-hydrogen) atoms. The van der Waals surface area contributed by atoms with Crippen molar-refractivity contribution in [3.8, 4) is 11.5 Å². The molecule has 1 saturated heterocycles. The standard InChI is InChI=1S/C18H26N2O5/c1-13(2)12-25-18(23)20-8-4-7-19(9-10-20)17(22)15-6-5-14(24-3)11-16(15)21/h5-6,11,13,21H,4,7-10,12H2,1-3H3. The first kappa shape index (κ1) is 18.9. The number of nitrogens with zero attached hydrogens (tertiary/aromatic N) is 2. The number of methoxy groups -OCH3 is 1. The molecule has 0 bridgehead atoms. The molecule has 138 valence electrons. The van der Waals surface area contributed by atoms with Gasteiger partial charge in [-0.25, -0.2) is 4.79 Å². The van der Waals surface area contributed by atoms with Crippen LogP contribution in [0.15, 0.2) is 18.2 Å². The van der Waals surface area contributed by atoms with E-state index in [1.807, 2.05) is 13.8 Å². The van der Waals surface area contributed by atoms with Crippen molar-refractivity contribution in [3.63, 3.8) is 0 Å². The molecule has 0 radical (unpaired) electrons. The van der Waals surface area contributed by atoms with Crippen LogP contribution < -0.4 is 4.74 Å². The van der Waals surface area contributed by atoms with Crippen LogP contribution >= 0.6 is 0 Å². The van der Waals surface area contributed by atoms with Gasteiger partial charge in [0.15, 0.2) is 0 Å². The third kappa shape index (κ3) is 5.01. The lowest BCUT2D eigenvalue weighted by molar-refractivity contribution is 0.0743. The minimum Gasteiger partial charge on any atom is -0.507 e. The summed E-state index contributed by atoms with van der Waals surface area (Å²) in [4.78, 5) is 28.0. The molecule has 1 heterocycles. The van der Waals surface area contributed by atoms with Crippen LogP contribution in [0, 0.1) is 5.92 Å². The predicted octanol–water partition coefficient (Wildman–Crippen LogP) is 2.34. The zero-order valence-corrected chi connectivity index (χ0v) is 15.0. The normalized spacial score (nSPS) is 15.0. The second-order valence-electron chi connectivity index (χ2n) is 6.49. The number of hydrogen-bond donors (Lipinski definition) is 1. The maximum Gasteiger partial charge on any atom is 0.409 e. The van der Waals surface area contributed by atoms with Gasteiger partial charge in [0, 0.05) is 32.2 Å². The monoisotopic (exact) mass is 350 g/mol. The summed E-state index contributed by atoms with van der Waals surface area (Å²) in [5, 5.41) is 10.0. The number of hydrogen-bond acceptors (Lipinski definition) is 5. The highest BCUT2D eigenvalue weighted by atomic mass is 16.6. The van der Waals surface area contributed by atoms with Crippen molar-refractivity contribution in [2.75, 3.05) is 39.9 Å². The molecule has 0 aromatic heterocycles. The van der Waals surface area contributed by atoms with Gasteiger partial charge in [0.2, 0.25) is 0 Å². The van der Waals surface area contributed by atoms with Gasteiger partial charge in [-0.3, -0.25) is 4.79 Å². The van der Waals surface area contributed by atoms with Gasteiger partial charge in [0.1, 0.15) is 11.5 Å². The van der Waals surface area contributed by atoms with E-state index in [1.165, 1.54) is 13.2 Å². The van der Waals surface area contributed by atoms with Crippen molar-refractivity contribution < 1.29 is 24.2 Å². The van der Waals surface area contributed by atoms with E-state index >= 15 is 0 Å². The van der Waals surface area contributed by atoms with Gasteiger partial charge < -0.3 is 24.4 Å². The zero-order valence-electron chi connectivity index (χ0n) is 15.0. The number of benzene rings is 1. The maximum atomic E-state index is 12.7. The van der Waals surface area contributed by atoms with Crippen molar-refractivity contribution >= 4 is 12.0 Å². The summed E-state index contributed by atoms with van der Waals surface area (Å²) in [6.45, 7) is 6.25. The Kier molecular flexibility index (Phi) is 6.50. The van der Waals surface area contributed by atoms with E-state index in [9.17, 15) is 14.7 Å². The zero-order chi connectivity index (χ0) is 18.4. The highest BCUT2D eigenvalue weighted by Crippen LogP contribution is 2.25. The Morgan fingerprint density at radius 2 is 1.84 bits per heavy atom. The summed E-state index contributed by atoms with van der Waals surface area (Å²) in [5.41, 5.74) is 0.233. The largest absolute Gasteiger partial charge is 0.507 e. The number of carbonyl (C=O) groups is 2. The molecule has 7 nitrogen and oxygen atoms in total. The molecule has 0 unspecified atom stereocenters. The fourth-order valence-electron chi connectivity index (χ4n) is 2.62. The molecule has 1 aliphatic heterocycles. The Bertz CT molecular complexity index is 617. The minimum absolute atomic E-state index is 0.109. The second-order valence-corrected chi connectivity index (χ2v) is 6.49. The number of carbonyl (C=O) groups excluding carboxylic acids is 2. The quantitative estimate of drug-likeness (QED) is 0.902. The Labute approximate surface area is 148 Å². The Morgan fingerprint density at radius 3 is 2.48 bits per heavy atom. The van der Waals surface area contributed by atoms with E-state index < -0.39 is 0 Å². The summed E-state index contributed by atoms with van der Waals surface area (Å²) in [6.07, 6.45) is 0.328. The first-order valence-electron chi connectivity index (χ1n) is 8.50. The topological polar surface area (TPSA) is 79.3 Å². The average Bonchev–Trinajstić information content (AvgIpc) is 2.85. The van der Waals surface area contributed by atoms with E-state index in [1.54, 1.807) is 21.9 Å². The predicted molar refractivity (Wildman–Crippen MR) is 92.9 cm³/mol. The first-order valence-corrected chi connectivity index (χ1v) is 8.50. The van der Waals surface area contributed by atoms with Gasteiger partial charge in [0.05, 0.1) is 19.3 Å². The number of phenolic OH excluding ortho intramolecular Hbond substituents is 1. The molecule has 0 aliphatic carbocycles. The Morgan fingerprint density at radius 1 is 1.16 bits per heavy atom. The average molecular weight is 350 g/mol. The van der Waals surface area contributed by atoms with Crippen LogP contribution in [0.2, 0.25) is 0 Å². The second kappa shape index (κ2) is 8.60. The molecule has 0 saturated carbocycles. The van der Waals surface area contributed by atoms with Gasteiger partial charge in [-0.15, -0.1) is 0 Å². The van der Waals surface area contributed by atoms with Gasteiger partial charge in [-0.05, 0) is 24.5 Å². The summed E-state index contributed by atoms with van der Waals surface area (Å²) in [5.74, 6) is 0.412. The van der Waals surface area contributed by atoms with Crippen LogP contribution in [0.3, 0.4) is 0 Å². The van der Waals surface area contributed by atoms with Gasteiger partial charge in [-0.1, -0.05) is 13.8 Å². The number of ether oxygens (including phenoxy) is 2. The molecule has 0 spiro atoms. The molecule has 7 heteroatoms. The lowest BCUT2D eigenvalue weighted by Crippen LogP contribution is -2.38. The SMILES string of the molecule is COc1ccc(C(=O)N2CCCN(C(=O)OCC(C)C)CC2)c(O)c1. The van der Waals surface area contributed by atoms with E-state index in [-0.39, 0.29) is 29.2 Å². The van der Waals surface area contributed by atoms with E-state index in [0.717, 1.165) is 0 Å². The lowest BCUT2D eigenvalue weighted by Gasteiger charge is -2.22. The Balaban J connectivity index is 1.98. The van der Waals surface area contributed by atoms with Crippen molar-refractivity contribution in [2.45, 2.75) is 20.3 Å². The molecular formula is C18H26N2O5. The van der Waals surface area contributed by atoms with Gasteiger partial charge in [-0.2, -0.15) is 0 Å². The van der Waals surface area contributed by atoms with E-state index in [4.69, 9.17) is 9.47 Å². The lowest BCUT2D eigenvalue weighted by atomic mass is 10.1. The molecule has 1 aromatic rings. The van der Waals surface area contributed by atoms with E-state index in [2.05, 4.69) is 0 Å². The number of phenols is 1.